The summed E-state index contributed by atoms with van der Waals surface area (Å²) in [4.78, 5) is 21.7. The van der Waals surface area contributed by atoms with E-state index in [0.717, 1.165) is 13.2 Å². The van der Waals surface area contributed by atoms with E-state index in [1.165, 1.54) is 0 Å². The van der Waals surface area contributed by atoms with Crippen molar-refractivity contribution in [3.05, 3.63) is 42.0 Å². The van der Waals surface area contributed by atoms with Crippen LogP contribution in [-0.2, 0) is 14.3 Å². The van der Waals surface area contributed by atoms with Gasteiger partial charge in [-0.1, -0.05) is 36.1 Å². The SMILES string of the molecule is COC(=O)C(=O)C=C([O-])c1ccccc1. The van der Waals surface area contributed by atoms with Crippen LogP contribution in [0, 0.1) is 0 Å². The molecule has 0 spiro atoms. The molecule has 78 valence electrons. The third-order valence-electron chi connectivity index (χ3n) is 1.71. The topological polar surface area (TPSA) is 66.4 Å². The van der Waals surface area contributed by atoms with Crippen molar-refractivity contribution in [1.29, 1.82) is 0 Å². The molecule has 0 amide bonds. The summed E-state index contributed by atoms with van der Waals surface area (Å²) in [5.74, 6) is -2.50. The molecule has 0 aliphatic carbocycles. The number of hydrogen-bond acceptors (Lipinski definition) is 4. The lowest BCUT2D eigenvalue weighted by Crippen LogP contribution is -2.15. The van der Waals surface area contributed by atoms with Crippen molar-refractivity contribution < 1.29 is 19.4 Å². The molecule has 0 bridgehead atoms. The first-order valence-electron chi connectivity index (χ1n) is 4.21. The second-order valence-electron chi connectivity index (χ2n) is 2.73. The predicted molar refractivity (Wildman–Crippen MR) is 51.4 cm³/mol. The maximum absolute atomic E-state index is 11.4. The number of ketones is 1. The van der Waals surface area contributed by atoms with E-state index in [9.17, 15) is 14.7 Å². The summed E-state index contributed by atoms with van der Waals surface area (Å²) < 4.78 is 4.18. The van der Waals surface area contributed by atoms with Crippen LogP contribution < -0.4 is 5.11 Å². The van der Waals surface area contributed by atoms with E-state index in [1.807, 2.05) is 0 Å². The molecule has 1 aromatic carbocycles. The molecular formula is C11H9O4-. The standard InChI is InChI=1S/C11H10O4/c1-15-11(14)10(13)7-9(12)8-5-3-2-4-6-8/h2-7,12H,1H3/p-1. The number of carbonyl (C=O) groups excluding carboxylic acids is 2. The van der Waals surface area contributed by atoms with Crippen LogP contribution in [0.5, 0.6) is 0 Å². The maximum atomic E-state index is 11.4. The van der Waals surface area contributed by atoms with Gasteiger partial charge in [0.1, 0.15) is 0 Å². The Morgan fingerprint density at radius 3 is 2.40 bits per heavy atom. The minimum atomic E-state index is -1.04. The Bertz CT molecular complexity index is 392. The molecule has 4 nitrogen and oxygen atoms in total. The first-order chi connectivity index (χ1) is 7.15. The number of hydrogen-bond donors (Lipinski definition) is 0. The molecule has 1 rings (SSSR count). The zero-order chi connectivity index (χ0) is 11.3. The monoisotopic (exact) mass is 205 g/mol. The molecule has 15 heavy (non-hydrogen) atoms. The van der Waals surface area contributed by atoms with Crippen molar-refractivity contribution in [3.8, 4) is 0 Å². The van der Waals surface area contributed by atoms with Crippen molar-refractivity contribution in [2.24, 2.45) is 0 Å². The molecule has 0 N–H and O–H groups in total. The molecule has 0 saturated carbocycles. The zero-order valence-corrected chi connectivity index (χ0v) is 8.10. The Morgan fingerprint density at radius 2 is 1.87 bits per heavy atom. The minimum Gasteiger partial charge on any atom is -0.872 e. The smallest absolute Gasteiger partial charge is 0.378 e. The summed E-state index contributed by atoms with van der Waals surface area (Å²) >= 11 is 0. The van der Waals surface area contributed by atoms with Crippen LogP contribution in [0.3, 0.4) is 0 Å². The van der Waals surface area contributed by atoms with E-state index in [2.05, 4.69) is 4.74 Å². The van der Waals surface area contributed by atoms with Crippen LogP contribution in [0.4, 0.5) is 0 Å². The number of rotatable bonds is 3. The summed E-state index contributed by atoms with van der Waals surface area (Å²) in [6.45, 7) is 0. The average molecular weight is 205 g/mol. The lowest BCUT2D eigenvalue weighted by Gasteiger charge is -2.10. The minimum absolute atomic E-state index is 0.356. The number of ether oxygens (including phenoxy) is 1. The van der Waals surface area contributed by atoms with Crippen LogP contribution >= 0.6 is 0 Å². The fraction of sp³-hybridized carbons (Fsp3) is 0.0909. The summed E-state index contributed by atoms with van der Waals surface area (Å²) in [5.41, 5.74) is 0.356. The fourth-order valence-corrected chi connectivity index (χ4v) is 0.964. The predicted octanol–water partition coefficient (Wildman–Crippen LogP) is 0.130. The van der Waals surface area contributed by atoms with Gasteiger partial charge in [0.05, 0.1) is 7.11 Å². The molecular weight excluding hydrogens is 196 g/mol. The Balaban J connectivity index is 2.86. The number of benzene rings is 1. The van der Waals surface area contributed by atoms with Gasteiger partial charge >= 0.3 is 5.97 Å². The summed E-state index contributed by atoms with van der Waals surface area (Å²) in [6, 6.07) is 8.21. The molecule has 1 aromatic rings. The molecule has 0 radical (unpaired) electrons. The molecule has 0 atom stereocenters. The van der Waals surface area contributed by atoms with Gasteiger partial charge in [-0.3, -0.25) is 4.79 Å². The Kier molecular flexibility index (Phi) is 3.62. The zero-order valence-electron chi connectivity index (χ0n) is 8.10. The maximum Gasteiger partial charge on any atom is 0.378 e. The third kappa shape index (κ3) is 2.95. The Morgan fingerprint density at radius 1 is 1.27 bits per heavy atom. The van der Waals surface area contributed by atoms with E-state index in [0.29, 0.717) is 5.56 Å². The van der Waals surface area contributed by atoms with Crippen LogP contribution in [-0.4, -0.2) is 18.9 Å². The van der Waals surface area contributed by atoms with Crippen LogP contribution in [0.25, 0.3) is 5.76 Å². The second-order valence-corrected chi connectivity index (χ2v) is 2.73. The molecule has 0 unspecified atom stereocenters. The van der Waals surface area contributed by atoms with Gasteiger partial charge in [0.15, 0.2) is 0 Å². The highest BCUT2D eigenvalue weighted by molar-refractivity contribution is 6.39. The molecule has 0 aromatic heterocycles. The van der Waals surface area contributed by atoms with Gasteiger partial charge in [0.2, 0.25) is 0 Å². The highest BCUT2D eigenvalue weighted by atomic mass is 16.5. The van der Waals surface area contributed by atoms with E-state index in [-0.39, 0.29) is 0 Å². The quantitative estimate of drug-likeness (QED) is 0.304. The highest BCUT2D eigenvalue weighted by Gasteiger charge is 2.09. The summed E-state index contributed by atoms with van der Waals surface area (Å²) in [5, 5.41) is 11.4. The van der Waals surface area contributed by atoms with Gasteiger partial charge < -0.3 is 9.84 Å². The van der Waals surface area contributed by atoms with Crippen LogP contribution in [0.1, 0.15) is 5.56 Å². The van der Waals surface area contributed by atoms with E-state index in [1.54, 1.807) is 30.3 Å². The first kappa shape index (κ1) is 11.0. The van der Waals surface area contributed by atoms with Crippen LogP contribution in [0.2, 0.25) is 0 Å². The van der Waals surface area contributed by atoms with E-state index >= 15 is 0 Å². The molecule has 0 heterocycles. The number of carbonyl (C=O) groups is 2. The Hall–Kier alpha value is -2.10. The van der Waals surface area contributed by atoms with Crippen molar-refractivity contribution >= 4 is 17.5 Å². The molecule has 4 heteroatoms. The van der Waals surface area contributed by atoms with E-state index < -0.39 is 17.5 Å². The largest absolute Gasteiger partial charge is 0.872 e. The van der Waals surface area contributed by atoms with Crippen molar-refractivity contribution in [1.82, 2.24) is 0 Å². The Labute approximate surface area is 86.8 Å². The fourth-order valence-electron chi connectivity index (χ4n) is 0.964. The lowest BCUT2D eigenvalue weighted by molar-refractivity contribution is -0.243. The molecule has 0 saturated heterocycles. The van der Waals surface area contributed by atoms with Crippen molar-refractivity contribution in [3.63, 3.8) is 0 Å². The van der Waals surface area contributed by atoms with Gasteiger partial charge in [0, 0.05) is 0 Å². The second kappa shape index (κ2) is 4.95. The van der Waals surface area contributed by atoms with Gasteiger partial charge in [-0.25, -0.2) is 4.79 Å². The lowest BCUT2D eigenvalue weighted by atomic mass is 10.1. The number of esters is 1. The molecule has 0 fully saturated rings. The van der Waals surface area contributed by atoms with E-state index in [4.69, 9.17) is 0 Å². The normalized spacial score (nSPS) is 10.9. The van der Waals surface area contributed by atoms with Crippen molar-refractivity contribution in [2.75, 3.05) is 7.11 Å². The number of methoxy groups -OCH3 is 1. The van der Waals surface area contributed by atoms with Gasteiger partial charge in [-0.2, -0.15) is 0 Å². The highest BCUT2D eigenvalue weighted by Crippen LogP contribution is 2.07. The molecule has 0 aliphatic heterocycles. The van der Waals surface area contributed by atoms with Gasteiger partial charge in [-0.15, -0.1) is 0 Å². The van der Waals surface area contributed by atoms with Crippen molar-refractivity contribution in [2.45, 2.75) is 0 Å². The summed E-state index contributed by atoms with van der Waals surface area (Å²) in [7, 11) is 1.08. The average Bonchev–Trinajstić information content (AvgIpc) is 2.29. The van der Waals surface area contributed by atoms with Gasteiger partial charge in [-0.05, 0) is 11.6 Å². The van der Waals surface area contributed by atoms with Gasteiger partial charge in [0.25, 0.3) is 5.78 Å². The van der Waals surface area contributed by atoms with Crippen LogP contribution in [0.15, 0.2) is 36.4 Å². The first-order valence-corrected chi connectivity index (χ1v) is 4.21. The third-order valence-corrected chi connectivity index (χ3v) is 1.71. The molecule has 0 aliphatic rings. The summed E-state index contributed by atoms with van der Waals surface area (Å²) in [6.07, 6.45) is 0.723.